The standard InChI is InChI=1S/C16H10F2N2/c1-10-4-3-5-14(20-10)7-6-12-8-13(9-19)16(18)11(2)15(12)17/h3-5,8H,1-2H3. The van der Waals surface area contributed by atoms with Crippen molar-refractivity contribution in [1.29, 1.82) is 5.26 Å². The maximum absolute atomic E-state index is 13.9. The Morgan fingerprint density at radius 2 is 1.75 bits per heavy atom. The minimum atomic E-state index is -0.843. The first-order chi connectivity index (χ1) is 9.52. The van der Waals surface area contributed by atoms with Crippen molar-refractivity contribution in [1.82, 2.24) is 4.98 Å². The van der Waals surface area contributed by atoms with Gasteiger partial charge in [0.05, 0.1) is 11.1 Å². The van der Waals surface area contributed by atoms with Crippen LogP contribution in [0.1, 0.15) is 28.1 Å². The molecule has 2 nitrogen and oxygen atoms in total. The number of benzene rings is 1. The zero-order valence-corrected chi connectivity index (χ0v) is 11.0. The summed E-state index contributed by atoms with van der Waals surface area (Å²) in [4.78, 5) is 4.17. The van der Waals surface area contributed by atoms with E-state index in [-0.39, 0.29) is 16.7 Å². The molecule has 0 spiro atoms. The van der Waals surface area contributed by atoms with Crippen LogP contribution in [0.25, 0.3) is 0 Å². The summed E-state index contributed by atoms with van der Waals surface area (Å²) in [5.74, 6) is 3.71. The van der Waals surface area contributed by atoms with Gasteiger partial charge in [-0.2, -0.15) is 5.26 Å². The van der Waals surface area contributed by atoms with E-state index in [1.807, 2.05) is 13.0 Å². The number of hydrogen-bond acceptors (Lipinski definition) is 2. The van der Waals surface area contributed by atoms with Crippen molar-refractivity contribution in [3.63, 3.8) is 0 Å². The molecule has 0 unspecified atom stereocenters. The monoisotopic (exact) mass is 268 g/mol. The highest BCUT2D eigenvalue weighted by atomic mass is 19.1. The lowest BCUT2D eigenvalue weighted by Gasteiger charge is -2.03. The van der Waals surface area contributed by atoms with Crippen LogP contribution < -0.4 is 0 Å². The molecule has 2 aromatic rings. The number of hydrogen-bond donors (Lipinski definition) is 0. The summed E-state index contributed by atoms with van der Waals surface area (Å²) < 4.78 is 27.4. The van der Waals surface area contributed by atoms with Crippen molar-refractivity contribution < 1.29 is 8.78 Å². The van der Waals surface area contributed by atoms with Gasteiger partial charge in [0, 0.05) is 11.3 Å². The van der Waals surface area contributed by atoms with E-state index in [0.717, 1.165) is 11.8 Å². The quantitative estimate of drug-likeness (QED) is 0.688. The van der Waals surface area contributed by atoms with Crippen molar-refractivity contribution in [3.8, 4) is 17.9 Å². The van der Waals surface area contributed by atoms with Gasteiger partial charge in [-0.1, -0.05) is 12.0 Å². The van der Waals surface area contributed by atoms with Gasteiger partial charge in [0.25, 0.3) is 0 Å². The summed E-state index contributed by atoms with van der Waals surface area (Å²) in [5, 5.41) is 8.81. The van der Waals surface area contributed by atoms with Crippen LogP contribution >= 0.6 is 0 Å². The highest BCUT2D eigenvalue weighted by molar-refractivity contribution is 5.48. The smallest absolute Gasteiger partial charge is 0.146 e. The highest BCUT2D eigenvalue weighted by Gasteiger charge is 2.13. The van der Waals surface area contributed by atoms with Gasteiger partial charge in [-0.3, -0.25) is 0 Å². The Morgan fingerprint density at radius 1 is 1.05 bits per heavy atom. The van der Waals surface area contributed by atoms with Gasteiger partial charge in [-0.25, -0.2) is 13.8 Å². The molecule has 2 rings (SSSR count). The Labute approximate surface area is 115 Å². The highest BCUT2D eigenvalue weighted by Crippen LogP contribution is 2.19. The van der Waals surface area contributed by atoms with E-state index in [2.05, 4.69) is 16.8 Å². The molecule has 20 heavy (non-hydrogen) atoms. The summed E-state index contributed by atoms with van der Waals surface area (Å²) in [6, 6.07) is 8.10. The summed E-state index contributed by atoms with van der Waals surface area (Å²) in [6.45, 7) is 3.10. The number of aryl methyl sites for hydroxylation is 1. The van der Waals surface area contributed by atoms with Gasteiger partial charge in [0.15, 0.2) is 0 Å². The third-order valence-corrected chi connectivity index (χ3v) is 2.75. The molecule has 0 aliphatic rings. The molecule has 0 N–H and O–H groups in total. The average Bonchev–Trinajstić information content (AvgIpc) is 2.44. The van der Waals surface area contributed by atoms with Crippen LogP contribution in [0.2, 0.25) is 0 Å². The first-order valence-electron chi connectivity index (χ1n) is 5.87. The molecule has 0 atom stereocenters. The van der Waals surface area contributed by atoms with E-state index in [1.54, 1.807) is 18.2 Å². The average molecular weight is 268 g/mol. The molecular weight excluding hydrogens is 258 g/mol. The van der Waals surface area contributed by atoms with E-state index < -0.39 is 11.6 Å². The lowest BCUT2D eigenvalue weighted by molar-refractivity contribution is 0.563. The largest absolute Gasteiger partial charge is 0.245 e. The van der Waals surface area contributed by atoms with Gasteiger partial charge < -0.3 is 0 Å². The van der Waals surface area contributed by atoms with Crippen LogP contribution in [-0.2, 0) is 0 Å². The van der Waals surface area contributed by atoms with Crippen molar-refractivity contribution in [2.24, 2.45) is 0 Å². The summed E-state index contributed by atoms with van der Waals surface area (Å²) in [6.07, 6.45) is 0. The van der Waals surface area contributed by atoms with Gasteiger partial charge in [-0.15, -0.1) is 0 Å². The minimum Gasteiger partial charge on any atom is -0.245 e. The number of rotatable bonds is 0. The Hall–Kier alpha value is -2.72. The summed E-state index contributed by atoms with van der Waals surface area (Å²) in [5.41, 5.74) is 0.856. The maximum Gasteiger partial charge on any atom is 0.146 e. The van der Waals surface area contributed by atoms with E-state index >= 15 is 0 Å². The molecule has 98 valence electrons. The van der Waals surface area contributed by atoms with Gasteiger partial charge in [-0.05, 0) is 38.0 Å². The van der Waals surface area contributed by atoms with Gasteiger partial charge in [0.2, 0.25) is 0 Å². The fourth-order valence-corrected chi connectivity index (χ4v) is 1.69. The Morgan fingerprint density at radius 3 is 2.40 bits per heavy atom. The van der Waals surface area contributed by atoms with Crippen LogP contribution in [0, 0.1) is 48.7 Å². The zero-order chi connectivity index (χ0) is 14.7. The molecule has 0 radical (unpaired) electrons. The van der Waals surface area contributed by atoms with Crippen molar-refractivity contribution in [2.75, 3.05) is 0 Å². The topological polar surface area (TPSA) is 36.7 Å². The van der Waals surface area contributed by atoms with Crippen LogP contribution in [0.15, 0.2) is 24.3 Å². The first kappa shape index (κ1) is 13.7. The van der Waals surface area contributed by atoms with E-state index in [9.17, 15) is 8.78 Å². The molecule has 0 fully saturated rings. The fraction of sp³-hybridized carbons (Fsp3) is 0.125. The molecule has 1 aromatic heterocycles. The normalized spacial score (nSPS) is 9.55. The van der Waals surface area contributed by atoms with E-state index in [1.165, 1.54) is 6.92 Å². The van der Waals surface area contributed by atoms with Crippen LogP contribution in [-0.4, -0.2) is 4.98 Å². The van der Waals surface area contributed by atoms with Crippen LogP contribution in [0.4, 0.5) is 8.78 Å². The third-order valence-electron chi connectivity index (χ3n) is 2.75. The Bertz CT molecular complexity index is 778. The molecule has 0 aliphatic carbocycles. The number of halogens is 2. The third kappa shape index (κ3) is 2.65. The van der Waals surface area contributed by atoms with Gasteiger partial charge >= 0.3 is 0 Å². The number of aromatic nitrogens is 1. The minimum absolute atomic E-state index is 0.0104. The SMILES string of the molecule is Cc1cccc(C#Cc2cc(C#N)c(F)c(C)c2F)n1. The van der Waals surface area contributed by atoms with E-state index in [0.29, 0.717) is 5.69 Å². The molecular formula is C16H10F2N2. The lowest BCUT2D eigenvalue weighted by atomic mass is 10.1. The molecule has 0 bridgehead atoms. The first-order valence-corrected chi connectivity index (χ1v) is 5.87. The lowest BCUT2D eigenvalue weighted by Crippen LogP contribution is -1.97. The molecule has 1 heterocycles. The second-order valence-corrected chi connectivity index (χ2v) is 4.25. The number of pyridine rings is 1. The molecule has 0 aliphatic heterocycles. The number of nitriles is 1. The second-order valence-electron chi connectivity index (χ2n) is 4.25. The Balaban J connectivity index is 2.51. The molecule has 0 saturated heterocycles. The summed E-state index contributed by atoms with van der Waals surface area (Å²) >= 11 is 0. The van der Waals surface area contributed by atoms with Crippen LogP contribution in [0.5, 0.6) is 0 Å². The predicted molar refractivity (Wildman–Crippen MR) is 70.8 cm³/mol. The molecule has 1 aromatic carbocycles. The van der Waals surface area contributed by atoms with Crippen LogP contribution in [0.3, 0.4) is 0 Å². The predicted octanol–water partition coefficient (Wildman–Crippen LogP) is 3.25. The molecule has 0 amide bonds. The van der Waals surface area contributed by atoms with Crippen molar-refractivity contribution in [2.45, 2.75) is 13.8 Å². The second kappa shape index (κ2) is 5.50. The number of nitrogens with zero attached hydrogens (tertiary/aromatic N) is 2. The van der Waals surface area contributed by atoms with E-state index in [4.69, 9.17) is 5.26 Å². The summed E-state index contributed by atoms with van der Waals surface area (Å²) in [7, 11) is 0. The van der Waals surface area contributed by atoms with Gasteiger partial charge in [0.1, 0.15) is 23.4 Å². The molecule has 0 saturated carbocycles. The van der Waals surface area contributed by atoms with Crippen molar-refractivity contribution in [3.05, 3.63) is 64.0 Å². The fourth-order valence-electron chi connectivity index (χ4n) is 1.69. The Kier molecular flexibility index (Phi) is 3.77. The van der Waals surface area contributed by atoms with Crippen molar-refractivity contribution >= 4 is 0 Å². The molecule has 4 heteroatoms. The zero-order valence-electron chi connectivity index (χ0n) is 11.0. The maximum atomic E-state index is 13.9.